The first-order chi connectivity index (χ1) is 14.8. The van der Waals surface area contributed by atoms with E-state index in [4.69, 9.17) is 14.2 Å². The Bertz CT molecular complexity index is 936. The average molecular weight is 436 g/mol. The van der Waals surface area contributed by atoms with E-state index in [0.717, 1.165) is 24.3 Å². The molecule has 2 fully saturated rings. The molecule has 2 heterocycles. The van der Waals surface area contributed by atoms with E-state index >= 15 is 0 Å². The van der Waals surface area contributed by atoms with Crippen molar-refractivity contribution in [3.63, 3.8) is 0 Å². The lowest BCUT2D eigenvalue weighted by atomic mass is 10.1. The number of ether oxygens (including phenoxy) is 3. The largest absolute Gasteiger partial charge is 0.441 e. The van der Waals surface area contributed by atoms with Gasteiger partial charge in [0.05, 0.1) is 24.8 Å². The van der Waals surface area contributed by atoms with Gasteiger partial charge in [-0.05, 0) is 36.4 Å². The van der Waals surface area contributed by atoms with Crippen LogP contribution in [0.3, 0.4) is 0 Å². The fourth-order valence-corrected chi connectivity index (χ4v) is 3.56. The van der Waals surface area contributed by atoms with E-state index < -0.39 is 48.1 Å². The summed E-state index contributed by atoms with van der Waals surface area (Å²) in [6, 6.07) is 12.2. The third kappa shape index (κ3) is 4.80. The number of nitrogens with one attached hydrogen (secondary N) is 2. The summed E-state index contributed by atoms with van der Waals surface area (Å²) >= 11 is 0. The summed E-state index contributed by atoms with van der Waals surface area (Å²) in [5.41, 5.74) is -0.164. The molecule has 2 saturated heterocycles. The number of fused-ring (bicyclic) bond motifs is 1. The second-order valence-electron chi connectivity index (χ2n) is 7.19. The molecule has 164 valence electrons. The van der Waals surface area contributed by atoms with Gasteiger partial charge in [0.15, 0.2) is 6.10 Å². The number of anilines is 1. The van der Waals surface area contributed by atoms with Gasteiger partial charge < -0.3 is 19.5 Å². The van der Waals surface area contributed by atoms with Gasteiger partial charge in [-0.2, -0.15) is 13.2 Å². The lowest BCUT2D eigenvalue weighted by molar-refractivity contribution is -0.137. The predicted molar refractivity (Wildman–Crippen MR) is 103 cm³/mol. The molecule has 2 aromatic carbocycles. The molecular formula is C21H19F3N2O5. The number of halogens is 3. The Balaban J connectivity index is 1.32. The minimum atomic E-state index is -4.47. The van der Waals surface area contributed by atoms with Crippen molar-refractivity contribution in [2.24, 2.45) is 0 Å². The molecule has 0 saturated carbocycles. The van der Waals surface area contributed by atoms with Crippen LogP contribution in [-0.2, 0) is 20.4 Å². The summed E-state index contributed by atoms with van der Waals surface area (Å²) in [6.45, 7) is 0.228. The Labute approximate surface area is 175 Å². The highest BCUT2D eigenvalue weighted by atomic mass is 19.4. The molecule has 10 heteroatoms. The van der Waals surface area contributed by atoms with Crippen molar-refractivity contribution in [2.75, 3.05) is 18.5 Å². The molecule has 0 bridgehead atoms. The molecule has 2 aromatic rings. The Hall–Kier alpha value is -3.11. The van der Waals surface area contributed by atoms with Crippen molar-refractivity contribution in [3.8, 4) is 0 Å². The van der Waals surface area contributed by atoms with Crippen molar-refractivity contribution in [2.45, 2.75) is 30.5 Å². The van der Waals surface area contributed by atoms with Gasteiger partial charge in [-0.3, -0.25) is 10.1 Å². The fourth-order valence-electron chi connectivity index (χ4n) is 3.56. The maximum Gasteiger partial charge on any atom is 0.416 e. The first kappa shape index (κ1) is 21.1. The molecule has 4 atom stereocenters. The zero-order chi connectivity index (χ0) is 22.0. The minimum Gasteiger partial charge on any atom is -0.441 e. The summed E-state index contributed by atoms with van der Waals surface area (Å²) in [6.07, 6.45) is -6.86. The van der Waals surface area contributed by atoms with Gasteiger partial charge in [0, 0.05) is 11.3 Å². The molecule has 2 N–H and O–H groups in total. The van der Waals surface area contributed by atoms with Crippen LogP contribution in [0.25, 0.3) is 0 Å². The van der Waals surface area contributed by atoms with Crippen molar-refractivity contribution in [3.05, 3.63) is 65.7 Å². The minimum absolute atomic E-state index is 0.0875. The maximum absolute atomic E-state index is 12.7. The molecule has 0 aliphatic carbocycles. The van der Waals surface area contributed by atoms with Crippen LogP contribution in [0.4, 0.5) is 23.7 Å². The molecular weight excluding hydrogens is 417 g/mol. The van der Waals surface area contributed by atoms with E-state index in [9.17, 15) is 22.8 Å². The molecule has 0 spiro atoms. The predicted octanol–water partition coefficient (Wildman–Crippen LogP) is 3.22. The number of hydrogen-bond donors (Lipinski definition) is 2. The highest BCUT2D eigenvalue weighted by molar-refractivity contribution is 5.94. The highest BCUT2D eigenvalue weighted by Crippen LogP contribution is 2.30. The van der Waals surface area contributed by atoms with Gasteiger partial charge in [-0.25, -0.2) is 4.79 Å². The highest BCUT2D eigenvalue weighted by Gasteiger charge is 2.50. The smallest absolute Gasteiger partial charge is 0.416 e. The van der Waals surface area contributed by atoms with Crippen LogP contribution in [0.15, 0.2) is 54.6 Å². The number of hydrogen-bond acceptors (Lipinski definition) is 5. The number of amides is 2. The maximum atomic E-state index is 12.7. The standard InChI is InChI=1S/C21H19F3N2O5/c22-21(23,24)13-8-6-12(7-9-13)19(27)26-15-10-29-18-16(11-30-17(15)18)31-20(28)25-14-4-2-1-3-5-14/h1-9,15-18H,10-11H2,(H,25,28)(H,26,27)/t15-,16-,17-,18+/m0/s1. The zero-order valence-corrected chi connectivity index (χ0v) is 16.1. The third-order valence-electron chi connectivity index (χ3n) is 5.08. The Kier molecular flexibility index (Phi) is 5.84. The van der Waals surface area contributed by atoms with Gasteiger partial charge in [0.2, 0.25) is 0 Å². The summed E-state index contributed by atoms with van der Waals surface area (Å²) in [5, 5.41) is 5.32. The molecule has 0 radical (unpaired) electrons. The number of rotatable bonds is 4. The lowest BCUT2D eigenvalue weighted by Crippen LogP contribution is -2.44. The van der Waals surface area contributed by atoms with E-state index in [0.29, 0.717) is 5.69 Å². The molecule has 2 aliphatic heterocycles. The quantitative estimate of drug-likeness (QED) is 0.769. The molecule has 4 rings (SSSR count). The van der Waals surface area contributed by atoms with E-state index in [1.54, 1.807) is 24.3 Å². The van der Waals surface area contributed by atoms with Gasteiger partial charge in [-0.15, -0.1) is 0 Å². The van der Waals surface area contributed by atoms with E-state index in [-0.39, 0.29) is 18.8 Å². The Morgan fingerprint density at radius 3 is 2.29 bits per heavy atom. The van der Waals surface area contributed by atoms with Crippen LogP contribution in [0.2, 0.25) is 0 Å². The van der Waals surface area contributed by atoms with Gasteiger partial charge in [0.1, 0.15) is 12.2 Å². The fraction of sp³-hybridized carbons (Fsp3) is 0.333. The van der Waals surface area contributed by atoms with E-state index in [1.807, 2.05) is 6.07 Å². The van der Waals surface area contributed by atoms with Gasteiger partial charge >= 0.3 is 12.3 Å². The molecule has 0 aromatic heterocycles. The number of para-hydroxylation sites is 1. The summed E-state index contributed by atoms with van der Waals surface area (Å²) in [5.74, 6) is -0.544. The first-order valence-corrected chi connectivity index (χ1v) is 9.55. The van der Waals surface area contributed by atoms with E-state index in [1.165, 1.54) is 0 Å². The lowest BCUT2D eigenvalue weighted by Gasteiger charge is -2.18. The van der Waals surface area contributed by atoms with Crippen LogP contribution < -0.4 is 10.6 Å². The van der Waals surface area contributed by atoms with Gasteiger partial charge in [-0.1, -0.05) is 18.2 Å². The number of carbonyl (C=O) groups is 2. The number of alkyl halides is 3. The van der Waals surface area contributed by atoms with Crippen molar-refractivity contribution >= 4 is 17.7 Å². The first-order valence-electron chi connectivity index (χ1n) is 9.55. The zero-order valence-electron chi connectivity index (χ0n) is 16.1. The molecule has 2 amide bonds. The molecule has 0 unspecified atom stereocenters. The van der Waals surface area contributed by atoms with Crippen molar-refractivity contribution in [1.82, 2.24) is 5.32 Å². The second-order valence-corrected chi connectivity index (χ2v) is 7.19. The van der Waals surface area contributed by atoms with Crippen molar-refractivity contribution < 1.29 is 37.0 Å². The Morgan fingerprint density at radius 2 is 1.61 bits per heavy atom. The SMILES string of the molecule is O=C(Nc1ccccc1)O[C@H]1CO[C@@H]2[C@@H]1OC[C@@H]2NC(=O)c1ccc(C(F)(F)F)cc1. The second kappa shape index (κ2) is 8.56. The molecule has 7 nitrogen and oxygen atoms in total. The summed E-state index contributed by atoms with van der Waals surface area (Å²) in [7, 11) is 0. The Morgan fingerprint density at radius 1 is 0.935 bits per heavy atom. The summed E-state index contributed by atoms with van der Waals surface area (Å²) in [4.78, 5) is 24.5. The van der Waals surface area contributed by atoms with Crippen LogP contribution in [-0.4, -0.2) is 49.6 Å². The number of carbonyl (C=O) groups excluding carboxylic acids is 2. The topological polar surface area (TPSA) is 85.9 Å². The number of benzene rings is 2. The molecule has 31 heavy (non-hydrogen) atoms. The monoisotopic (exact) mass is 436 g/mol. The van der Waals surface area contributed by atoms with Crippen molar-refractivity contribution in [1.29, 1.82) is 0 Å². The van der Waals surface area contributed by atoms with E-state index in [2.05, 4.69) is 10.6 Å². The van der Waals surface area contributed by atoms with Crippen LogP contribution in [0.5, 0.6) is 0 Å². The van der Waals surface area contributed by atoms with Crippen LogP contribution in [0, 0.1) is 0 Å². The third-order valence-corrected chi connectivity index (χ3v) is 5.08. The van der Waals surface area contributed by atoms with Crippen LogP contribution in [0.1, 0.15) is 15.9 Å². The van der Waals surface area contributed by atoms with Gasteiger partial charge in [0.25, 0.3) is 5.91 Å². The normalized spacial score (nSPS) is 25.0. The molecule has 2 aliphatic rings. The van der Waals surface area contributed by atoms with Crippen LogP contribution >= 0.6 is 0 Å². The summed E-state index contributed by atoms with van der Waals surface area (Å²) < 4.78 is 54.7. The average Bonchev–Trinajstić information content (AvgIpc) is 3.31.